The SMILES string of the molecule is CCS(=O)(=O)CC(O)CNC(=O)C1(C)CC1. The Morgan fingerprint density at radius 3 is 2.50 bits per heavy atom. The fraction of sp³-hybridized carbons (Fsp3) is 0.900. The van der Waals surface area contributed by atoms with Gasteiger partial charge in [0.15, 0.2) is 9.84 Å². The molecule has 1 aliphatic rings. The number of nitrogens with one attached hydrogen (secondary N) is 1. The predicted molar refractivity (Wildman–Crippen MR) is 60.7 cm³/mol. The minimum Gasteiger partial charge on any atom is -0.390 e. The van der Waals surface area contributed by atoms with Crippen LogP contribution in [-0.2, 0) is 14.6 Å². The van der Waals surface area contributed by atoms with Gasteiger partial charge < -0.3 is 10.4 Å². The molecule has 1 rings (SSSR count). The third-order valence-corrected chi connectivity index (χ3v) is 4.70. The molecule has 0 aromatic carbocycles. The maximum Gasteiger partial charge on any atom is 0.226 e. The first-order valence-corrected chi connectivity index (χ1v) is 7.28. The van der Waals surface area contributed by atoms with Gasteiger partial charge in [-0.25, -0.2) is 8.42 Å². The van der Waals surface area contributed by atoms with Crippen molar-refractivity contribution in [3.63, 3.8) is 0 Å². The van der Waals surface area contributed by atoms with Crippen molar-refractivity contribution >= 4 is 15.7 Å². The predicted octanol–water partition coefficient (Wildman–Crippen LogP) is -0.302. The third-order valence-electron chi connectivity index (χ3n) is 2.93. The van der Waals surface area contributed by atoms with Crippen molar-refractivity contribution in [2.75, 3.05) is 18.1 Å². The van der Waals surface area contributed by atoms with Crippen LogP contribution in [0.3, 0.4) is 0 Å². The van der Waals surface area contributed by atoms with E-state index in [0.29, 0.717) is 0 Å². The highest BCUT2D eigenvalue weighted by Gasteiger charge is 2.44. The molecule has 0 heterocycles. The molecule has 0 aliphatic heterocycles. The molecule has 5 nitrogen and oxygen atoms in total. The van der Waals surface area contributed by atoms with Crippen molar-refractivity contribution in [3.8, 4) is 0 Å². The molecule has 94 valence electrons. The lowest BCUT2D eigenvalue weighted by Crippen LogP contribution is -2.39. The molecule has 1 amide bonds. The Hall–Kier alpha value is -0.620. The molecular formula is C10H19NO4S. The molecule has 0 aromatic rings. The third kappa shape index (κ3) is 3.75. The molecule has 1 saturated carbocycles. The number of hydrogen-bond acceptors (Lipinski definition) is 4. The molecule has 0 saturated heterocycles. The van der Waals surface area contributed by atoms with Gasteiger partial charge in [-0.3, -0.25) is 4.79 Å². The molecule has 1 unspecified atom stereocenters. The monoisotopic (exact) mass is 249 g/mol. The summed E-state index contributed by atoms with van der Waals surface area (Å²) in [7, 11) is -3.19. The van der Waals surface area contributed by atoms with Gasteiger partial charge in [0.2, 0.25) is 5.91 Å². The van der Waals surface area contributed by atoms with Gasteiger partial charge in [0, 0.05) is 17.7 Å². The summed E-state index contributed by atoms with van der Waals surface area (Å²) in [4.78, 5) is 11.5. The minimum absolute atomic E-state index is 0.00759. The summed E-state index contributed by atoms with van der Waals surface area (Å²) >= 11 is 0. The van der Waals surface area contributed by atoms with Crippen LogP contribution in [0.1, 0.15) is 26.7 Å². The van der Waals surface area contributed by atoms with Gasteiger partial charge in [-0.15, -0.1) is 0 Å². The molecule has 2 N–H and O–H groups in total. The van der Waals surface area contributed by atoms with Crippen molar-refractivity contribution < 1.29 is 18.3 Å². The van der Waals surface area contributed by atoms with Crippen LogP contribution in [0.15, 0.2) is 0 Å². The van der Waals surface area contributed by atoms with Crippen LogP contribution in [0, 0.1) is 5.41 Å². The summed E-state index contributed by atoms with van der Waals surface area (Å²) in [6.45, 7) is 3.40. The van der Waals surface area contributed by atoms with Crippen LogP contribution in [0.4, 0.5) is 0 Å². The minimum atomic E-state index is -3.19. The summed E-state index contributed by atoms with van der Waals surface area (Å²) in [6.07, 6.45) is 0.709. The highest BCUT2D eigenvalue weighted by molar-refractivity contribution is 7.91. The average molecular weight is 249 g/mol. The summed E-state index contributed by atoms with van der Waals surface area (Å²) in [5, 5.41) is 12.0. The molecular weight excluding hydrogens is 230 g/mol. The highest BCUT2D eigenvalue weighted by Crippen LogP contribution is 2.44. The fourth-order valence-electron chi connectivity index (χ4n) is 1.31. The highest BCUT2D eigenvalue weighted by atomic mass is 32.2. The second-order valence-electron chi connectivity index (χ2n) is 4.62. The fourth-order valence-corrected chi connectivity index (χ4v) is 2.25. The van der Waals surface area contributed by atoms with E-state index in [9.17, 15) is 18.3 Å². The Balaban J connectivity index is 2.30. The second-order valence-corrected chi connectivity index (χ2v) is 7.02. The number of rotatable bonds is 6. The van der Waals surface area contributed by atoms with E-state index in [2.05, 4.69) is 5.32 Å². The zero-order chi connectivity index (χ0) is 12.4. The standard InChI is InChI=1S/C10H19NO4S/c1-3-16(14,15)7-8(12)6-11-9(13)10(2)4-5-10/h8,12H,3-7H2,1-2H3,(H,11,13). The Morgan fingerprint density at radius 2 is 2.06 bits per heavy atom. The number of sulfone groups is 1. The smallest absolute Gasteiger partial charge is 0.226 e. The molecule has 0 radical (unpaired) electrons. The van der Waals surface area contributed by atoms with Crippen LogP contribution < -0.4 is 5.32 Å². The summed E-state index contributed by atoms with van der Waals surface area (Å²) in [5.74, 6) is -0.378. The van der Waals surface area contributed by atoms with E-state index in [1.165, 1.54) is 6.92 Å². The Morgan fingerprint density at radius 1 is 1.50 bits per heavy atom. The van der Waals surface area contributed by atoms with Crippen LogP contribution in [-0.4, -0.2) is 43.6 Å². The van der Waals surface area contributed by atoms with Crippen LogP contribution in [0.5, 0.6) is 0 Å². The first-order valence-electron chi connectivity index (χ1n) is 5.46. The van der Waals surface area contributed by atoms with Gasteiger partial charge in [-0.05, 0) is 12.8 Å². The lowest BCUT2D eigenvalue weighted by Gasteiger charge is -2.14. The number of carbonyl (C=O) groups excluding carboxylic acids is 1. The maximum absolute atomic E-state index is 11.5. The molecule has 1 atom stereocenters. The average Bonchev–Trinajstić information content (AvgIpc) is 2.93. The van der Waals surface area contributed by atoms with Gasteiger partial charge in [0.25, 0.3) is 0 Å². The molecule has 0 spiro atoms. The molecule has 6 heteroatoms. The summed E-state index contributed by atoms with van der Waals surface area (Å²) in [5.41, 5.74) is -0.288. The number of aliphatic hydroxyl groups is 1. The largest absolute Gasteiger partial charge is 0.390 e. The number of aliphatic hydroxyl groups excluding tert-OH is 1. The topological polar surface area (TPSA) is 83.5 Å². The quantitative estimate of drug-likeness (QED) is 0.677. The zero-order valence-corrected chi connectivity index (χ0v) is 10.5. The second kappa shape index (κ2) is 4.71. The molecule has 0 bridgehead atoms. The van der Waals surface area contributed by atoms with E-state index in [4.69, 9.17) is 0 Å². The summed E-state index contributed by atoms with van der Waals surface area (Å²) < 4.78 is 22.4. The Bertz CT molecular complexity index is 359. The van der Waals surface area contributed by atoms with Crippen LogP contribution in [0.2, 0.25) is 0 Å². The van der Waals surface area contributed by atoms with Gasteiger partial charge in [0.05, 0.1) is 11.9 Å². The number of hydrogen-bond donors (Lipinski definition) is 2. The van der Waals surface area contributed by atoms with Gasteiger partial charge in [-0.2, -0.15) is 0 Å². The van der Waals surface area contributed by atoms with E-state index in [1.54, 1.807) is 0 Å². The number of carbonyl (C=O) groups is 1. The van der Waals surface area contributed by atoms with Gasteiger partial charge in [0.1, 0.15) is 0 Å². The lowest BCUT2D eigenvalue weighted by molar-refractivity contribution is -0.126. The molecule has 16 heavy (non-hydrogen) atoms. The van der Waals surface area contributed by atoms with Crippen LogP contribution >= 0.6 is 0 Å². The molecule has 0 aromatic heterocycles. The first-order chi connectivity index (χ1) is 7.29. The van der Waals surface area contributed by atoms with Gasteiger partial charge >= 0.3 is 0 Å². The molecule has 1 fully saturated rings. The van der Waals surface area contributed by atoms with Crippen molar-refractivity contribution in [2.45, 2.75) is 32.8 Å². The van der Waals surface area contributed by atoms with Gasteiger partial charge in [-0.1, -0.05) is 13.8 Å². The van der Waals surface area contributed by atoms with Crippen LogP contribution in [0.25, 0.3) is 0 Å². The van der Waals surface area contributed by atoms with Crippen molar-refractivity contribution in [3.05, 3.63) is 0 Å². The Labute approximate surface area is 96.1 Å². The van der Waals surface area contributed by atoms with E-state index >= 15 is 0 Å². The maximum atomic E-state index is 11.5. The van der Waals surface area contributed by atoms with E-state index in [1.807, 2.05) is 6.92 Å². The lowest BCUT2D eigenvalue weighted by atomic mass is 10.1. The van der Waals surface area contributed by atoms with E-state index in [0.717, 1.165) is 12.8 Å². The number of amides is 1. The summed E-state index contributed by atoms with van der Waals surface area (Å²) in [6, 6.07) is 0. The van der Waals surface area contributed by atoms with E-state index < -0.39 is 15.9 Å². The van der Waals surface area contributed by atoms with Crippen molar-refractivity contribution in [1.82, 2.24) is 5.32 Å². The van der Waals surface area contributed by atoms with Crippen molar-refractivity contribution in [1.29, 1.82) is 0 Å². The Kier molecular flexibility index (Phi) is 3.96. The van der Waals surface area contributed by atoms with E-state index in [-0.39, 0.29) is 29.4 Å². The first kappa shape index (κ1) is 13.4. The normalized spacial score (nSPS) is 20.2. The zero-order valence-electron chi connectivity index (χ0n) is 9.69. The molecule has 1 aliphatic carbocycles. The van der Waals surface area contributed by atoms with Crippen molar-refractivity contribution in [2.24, 2.45) is 5.41 Å².